The third-order valence-electron chi connectivity index (χ3n) is 8.85. The number of nitrogen functional groups attached to an aromatic ring is 1. The van der Waals surface area contributed by atoms with Gasteiger partial charge in [-0.25, -0.2) is 4.79 Å². The molecule has 2 aromatic rings. The van der Waals surface area contributed by atoms with Crippen molar-refractivity contribution in [2.24, 2.45) is 23.2 Å². The van der Waals surface area contributed by atoms with Gasteiger partial charge in [0.1, 0.15) is 5.75 Å². The lowest BCUT2D eigenvalue weighted by Crippen LogP contribution is -2.50. The molecule has 4 saturated carbocycles. The van der Waals surface area contributed by atoms with Crippen LogP contribution in [0.1, 0.15) is 72.2 Å². The van der Waals surface area contributed by atoms with Gasteiger partial charge in [0.2, 0.25) is 0 Å². The maximum Gasteiger partial charge on any atom is 0.336 e. The van der Waals surface area contributed by atoms with Gasteiger partial charge in [0.05, 0.1) is 35.4 Å². The monoisotopic (exact) mass is 492 g/mol. The average Bonchev–Trinajstić information content (AvgIpc) is 3.17. The van der Waals surface area contributed by atoms with Crippen LogP contribution < -0.4 is 15.8 Å². The Bertz CT molecular complexity index is 1210. The van der Waals surface area contributed by atoms with Gasteiger partial charge in [-0.1, -0.05) is 12.1 Å². The van der Waals surface area contributed by atoms with Gasteiger partial charge in [-0.3, -0.25) is 4.79 Å². The second-order valence-corrected chi connectivity index (χ2v) is 12.0. The first-order valence-electron chi connectivity index (χ1n) is 12.5. The summed E-state index contributed by atoms with van der Waals surface area (Å²) >= 11 is 1.45. The van der Waals surface area contributed by atoms with Crippen molar-refractivity contribution < 1.29 is 19.1 Å². The van der Waals surface area contributed by atoms with Gasteiger partial charge in [-0.15, -0.1) is 11.3 Å². The van der Waals surface area contributed by atoms with Crippen LogP contribution in [0.5, 0.6) is 5.75 Å². The summed E-state index contributed by atoms with van der Waals surface area (Å²) in [5.41, 5.74) is 10.0. The topological polar surface area (TPSA) is 90.7 Å². The average molecular weight is 493 g/mol. The Morgan fingerprint density at radius 1 is 1.03 bits per heavy atom. The third-order valence-corrected chi connectivity index (χ3v) is 9.98. The number of ether oxygens (including phenoxy) is 2. The standard InChI is InChI=1S/C28H32N2O4S/c1-14-20(27(32)34-3)21(18-4-6-19(33-2)7-5-18)22-23(29)24(35-26(22)30-14)25(31)28-11-15-8-16(12-28)10-17(9-15)13-28/h4-7,15-17,21,30H,8-13,29H2,1-3H3. The van der Waals surface area contributed by atoms with Gasteiger partial charge in [0.15, 0.2) is 5.78 Å². The number of ketones is 1. The Labute approximate surface area is 209 Å². The number of rotatable bonds is 5. The van der Waals surface area contributed by atoms with Crippen molar-refractivity contribution in [2.45, 2.75) is 51.4 Å². The van der Waals surface area contributed by atoms with Crippen LogP contribution in [0.3, 0.4) is 0 Å². The summed E-state index contributed by atoms with van der Waals surface area (Å²) in [6.45, 7) is 1.88. The zero-order valence-electron chi connectivity index (χ0n) is 20.5. The fraction of sp³-hybridized carbons (Fsp3) is 0.500. The molecule has 2 heterocycles. The van der Waals surface area contributed by atoms with Crippen LogP contribution in [-0.2, 0) is 9.53 Å². The number of anilines is 2. The lowest BCUT2D eigenvalue weighted by Gasteiger charge is -2.55. The number of hydrogen-bond donors (Lipinski definition) is 2. The molecule has 3 N–H and O–H groups in total. The van der Waals surface area contributed by atoms with Crippen molar-refractivity contribution in [1.82, 2.24) is 0 Å². The first-order chi connectivity index (χ1) is 16.8. The van der Waals surface area contributed by atoms with Crippen LogP contribution in [0.4, 0.5) is 10.7 Å². The molecule has 0 amide bonds. The highest BCUT2D eigenvalue weighted by Gasteiger charge is 2.55. The largest absolute Gasteiger partial charge is 0.497 e. The van der Waals surface area contributed by atoms with Gasteiger partial charge < -0.3 is 20.5 Å². The summed E-state index contributed by atoms with van der Waals surface area (Å²) in [6.07, 6.45) is 6.86. The van der Waals surface area contributed by atoms with Crippen molar-refractivity contribution >= 4 is 33.8 Å². The number of thiophene rings is 1. The molecule has 7 heteroatoms. The number of allylic oxidation sites excluding steroid dienone is 1. The lowest BCUT2D eigenvalue weighted by atomic mass is 9.48. The third kappa shape index (κ3) is 3.42. The second kappa shape index (κ2) is 8.12. The minimum Gasteiger partial charge on any atom is -0.497 e. The van der Waals surface area contributed by atoms with E-state index in [-0.39, 0.29) is 11.2 Å². The van der Waals surface area contributed by atoms with Crippen LogP contribution in [0.25, 0.3) is 0 Å². The summed E-state index contributed by atoms with van der Waals surface area (Å²) in [7, 11) is 3.02. The molecule has 4 fully saturated rings. The first-order valence-corrected chi connectivity index (χ1v) is 13.3. The van der Waals surface area contributed by atoms with E-state index in [0.29, 0.717) is 33.9 Å². The number of hydrogen-bond acceptors (Lipinski definition) is 7. The van der Waals surface area contributed by atoms with E-state index < -0.39 is 11.9 Å². The molecule has 0 saturated heterocycles. The van der Waals surface area contributed by atoms with E-state index in [9.17, 15) is 9.59 Å². The van der Waals surface area contributed by atoms with Crippen LogP contribution in [-0.4, -0.2) is 26.0 Å². The van der Waals surface area contributed by atoms with Gasteiger partial charge in [-0.2, -0.15) is 0 Å². The minimum atomic E-state index is -0.418. The predicted octanol–water partition coefficient (Wildman–Crippen LogP) is 5.74. The molecule has 4 bridgehead atoms. The number of esters is 1. The van der Waals surface area contributed by atoms with E-state index >= 15 is 0 Å². The van der Waals surface area contributed by atoms with Crippen molar-refractivity contribution in [1.29, 1.82) is 0 Å². The quantitative estimate of drug-likeness (QED) is 0.408. The number of benzene rings is 1. The van der Waals surface area contributed by atoms with Crippen molar-refractivity contribution in [3.8, 4) is 5.75 Å². The molecule has 4 aliphatic carbocycles. The summed E-state index contributed by atoms with van der Waals surface area (Å²) < 4.78 is 10.5. The van der Waals surface area contributed by atoms with Crippen molar-refractivity contribution in [2.75, 3.05) is 25.3 Å². The maximum atomic E-state index is 14.2. The molecule has 1 aromatic carbocycles. The minimum absolute atomic E-state index is 0.223. The van der Waals surface area contributed by atoms with Gasteiger partial charge in [0, 0.05) is 22.6 Å². The number of nitrogens with two attached hydrogens (primary N) is 1. The van der Waals surface area contributed by atoms with Crippen molar-refractivity contribution in [3.63, 3.8) is 0 Å². The maximum absolute atomic E-state index is 14.2. The number of carbonyl (C=O) groups excluding carboxylic acids is 2. The Morgan fingerprint density at radius 2 is 1.63 bits per heavy atom. The second-order valence-electron chi connectivity index (χ2n) is 11.0. The van der Waals surface area contributed by atoms with E-state index in [4.69, 9.17) is 15.2 Å². The highest BCUT2D eigenvalue weighted by Crippen LogP contribution is 2.62. The van der Waals surface area contributed by atoms with Crippen LogP contribution in [0.15, 0.2) is 35.5 Å². The zero-order chi connectivity index (χ0) is 24.5. The molecule has 35 heavy (non-hydrogen) atoms. The van der Waals surface area contributed by atoms with Crippen LogP contribution in [0, 0.1) is 23.2 Å². The molecule has 184 valence electrons. The SMILES string of the molecule is COC(=O)C1=C(C)Nc2sc(C(=O)C34CC5CC(CC(C5)C3)C4)c(N)c2C1c1ccc(OC)cc1. The number of nitrogens with one attached hydrogen (secondary N) is 1. The lowest BCUT2D eigenvalue weighted by molar-refractivity contribution is -0.136. The van der Waals surface area contributed by atoms with E-state index in [1.807, 2.05) is 31.2 Å². The van der Waals surface area contributed by atoms with E-state index in [1.165, 1.54) is 37.7 Å². The Morgan fingerprint density at radius 3 is 2.17 bits per heavy atom. The summed E-state index contributed by atoms with van der Waals surface area (Å²) in [5.74, 6) is 2.18. The molecule has 6 nitrogen and oxygen atoms in total. The fourth-order valence-electron chi connectivity index (χ4n) is 7.74. The summed E-state index contributed by atoms with van der Waals surface area (Å²) in [4.78, 5) is 27.8. The highest BCUT2D eigenvalue weighted by atomic mass is 32.1. The number of carbonyl (C=O) groups is 2. The molecule has 0 spiro atoms. The molecule has 1 aromatic heterocycles. The first kappa shape index (κ1) is 22.7. The molecule has 7 rings (SSSR count). The molecule has 0 radical (unpaired) electrons. The van der Waals surface area contributed by atoms with E-state index in [1.54, 1.807) is 7.11 Å². The van der Waals surface area contributed by atoms with Gasteiger partial charge in [-0.05, 0) is 80.9 Å². The molecule has 1 unspecified atom stereocenters. The van der Waals surface area contributed by atoms with Crippen LogP contribution in [0.2, 0.25) is 0 Å². The summed E-state index contributed by atoms with van der Waals surface area (Å²) in [5, 5.41) is 4.23. The Balaban J connectivity index is 1.45. The summed E-state index contributed by atoms with van der Waals surface area (Å²) in [6, 6.07) is 7.66. The number of Topliss-reactive ketones (excluding diaryl/α,β-unsaturated/α-hetero) is 1. The number of methoxy groups -OCH3 is 2. The van der Waals surface area contributed by atoms with Crippen LogP contribution >= 0.6 is 11.3 Å². The zero-order valence-corrected chi connectivity index (χ0v) is 21.3. The van der Waals surface area contributed by atoms with E-state index in [2.05, 4.69) is 5.32 Å². The highest BCUT2D eigenvalue weighted by molar-refractivity contribution is 7.19. The normalized spacial score (nSPS) is 30.6. The van der Waals surface area contributed by atoms with Gasteiger partial charge in [0.25, 0.3) is 0 Å². The Hall–Kier alpha value is -2.80. The fourth-order valence-corrected chi connectivity index (χ4v) is 9.02. The van der Waals surface area contributed by atoms with Crippen molar-refractivity contribution in [3.05, 3.63) is 51.5 Å². The van der Waals surface area contributed by atoms with Gasteiger partial charge >= 0.3 is 5.97 Å². The molecule has 1 aliphatic heterocycles. The number of fused-ring (bicyclic) bond motifs is 1. The van der Waals surface area contributed by atoms with E-state index in [0.717, 1.165) is 46.8 Å². The smallest absolute Gasteiger partial charge is 0.336 e. The molecule has 5 aliphatic rings. The molecule has 1 atom stereocenters. The molecular formula is C28H32N2O4S. The Kier molecular flexibility index (Phi) is 5.25. The predicted molar refractivity (Wildman–Crippen MR) is 137 cm³/mol. The molecular weight excluding hydrogens is 460 g/mol.